The van der Waals surface area contributed by atoms with Crippen LogP contribution in [-0.4, -0.2) is 32.7 Å². The quantitative estimate of drug-likeness (QED) is 0.371. The number of carboxylic acid groups (broad SMARTS) is 1. The zero-order chi connectivity index (χ0) is 25.2. The van der Waals surface area contributed by atoms with Crippen LogP contribution in [0.3, 0.4) is 0 Å². The van der Waals surface area contributed by atoms with E-state index >= 15 is 0 Å². The minimum atomic E-state index is -1.06. The van der Waals surface area contributed by atoms with Gasteiger partial charge < -0.3 is 10.1 Å². The Labute approximate surface area is 211 Å². The predicted octanol–water partition coefficient (Wildman–Crippen LogP) is 5.39. The first-order chi connectivity index (χ1) is 17.4. The van der Waals surface area contributed by atoms with Gasteiger partial charge >= 0.3 is 5.97 Å². The molecule has 0 saturated carbocycles. The molecule has 0 unspecified atom stereocenters. The van der Waals surface area contributed by atoms with E-state index in [1.807, 2.05) is 60.7 Å². The molecule has 4 aromatic rings. The molecule has 1 aromatic heterocycles. The van der Waals surface area contributed by atoms with E-state index < -0.39 is 17.9 Å². The molecule has 0 bridgehead atoms. The number of aromatic nitrogens is 1. The van der Waals surface area contributed by atoms with Gasteiger partial charge in [-0.2, -0.15) is 5.10 Å². The van der Waals surface area contributed by atoms with Gasteiger partial charge in [-0.15, -0.1) is 0 Å². The largest absolute Gasteiger partial charge is 0.481 e. The number of carboxylic acids is 1. The second kappa shape index (κ2) is 9.79. The molecule has 0 radical (unpaired) electrons. The van der Waals surface area contributed by atoms with Crippen LogP contribution >= 0.6 is 11.6 Å². The lowest BCUT2D eigenvalue weighted by molar-refractivity contribution is -0.141. The Morgan fingerprint density at radius 3 is 2.36 bits per heavy atom. The number of pyridine rings is 1. The number of benzene rings is 3. The van der Waals surface area contributed by atoms with Gasteiger partial charge in [0.05, 0.1) is 23.7 Å². The first-order valence-electron chi connectivity index (χ1n) is 11.5. The fourth-order valence-corrected chi connectivity index (χ4v) is 4.77. The molecule has 0 spiro atoms. The van der Waals surface area contributed by atoms with Crippen LogP contribution in [0.2, 0.25) is 5.02 Å². The van der Waals surface area contributed by atoms with Crippen LogP contribution in [0.15, 0.2) is 88.8 Å². The highest BCUT2D eigenvalue weighted by molar-refractivity contribution is 6.31. The van der Waals surface area contributed by atoms with Crippen LogP contribution in [0.25, 0.3) is 22.0 Å². The molecular weight excluding hydrogens is 478 g/mol. The van der Waals surface area contributed by atoms with Gasteiger partial charge in [-0.1, -0.05) is 72.3 Å². The molecule has 36 heavy (non-hydrogen) atoms. The summed E-state index contributed by atoms with van der Waals surface area (Å²) in [5.74, 6) is -1.47. The maximum atomic E-state index is 13.5. The third kappa shape index (κ3) is 4.53. The lowest BCUT2D eigenvalue weighted by Gasteiger charge is -2.21. The van der Waals surface area contributed by atoms with E-state index in [2.05, 4.69) is 10.1 Å². The van der Waals surface area contributed by atoms with Crippen molar-refractivity contribution < 1.29 is 14.7 Å². The summed E-state index contributed by atoms with van der Waals surface area (Å²) < 4.78 is 0. The van der Waals surface area contributed by atoms with Crippen molar-refractivity contribution in [3.05, 3.63) is 105 Å². The number of amides is 1. The van der Waals surface area contributed by atoms with Crippen molar-refractivity contribution in [3.8, 4) is 11.1 Å². The molecule has 7 nitrogen and oxygen atoms in total. The number of hydrogen-bond acceptors (Lipinski definition) is 4. The van der Waals surface area contributed by atoms with Crippen LogP contribution in [0, 0.1) is 0 Å². The fourth-order valence-electron chi connectivity index (χ4n) is 4.60. The summed E-state index contributed by atoms with van der Waals surface area (Å²) in [7, 11) is 0. The Kier molecular flexibility index (Phi) is 6.40. The molecule has 0 aliphatic carbocycles. The average molecular weight is 500 g/mol. The maximum Gasteiger partial charge on any atom is 0.303 e. The molecule has 1 amide bonds. The first-order valence-corrected chi connectivity index (χ1v) is 11.9. The number of aliphatic carboxylic acids is 1. The number of halogens is 1. The highest BCUT2D eigenvalue weighted by atomic mass is 35.5. The molecule has 1 atom stereocenters. The summed E-state index contributed by atoms with van der Waals surface area (Å²) >= 11 is 6.34. The van der Waals surface area contributed by atoms with Gasteiger partial charge in [0.15, 0.2) is 0 Å². The summed E-state index contributed by atoms with van der Waals surface area (Å²) in [6.07, 6.45) is -0.186. The summed E-state index contributed by atoms with van der Waals surface area (Å²) in [6, 6.07) is 23.7. The zero-order valence-corrected chi connectivity index (χ0v) is 19.9. The summed E-state index contributed by atoms with van der Waals surface area (Å²) in [6.45, 7) is 0. The van der Waals surface area contributed by atoms with Crippen molar-refractivity contribution in [2.75, 3.05) is 0 Å². The van der Waals surface area contributed by atoms with Gasteiger partial charge in [-0.05, 0) is 29.3 Å². The van der Waals surface area contributed by atoms with Crippen molar-refractivity contribution in [2.24, 2.45) is 5.10 Å². The normalized spacial score (nSPS) is 15.2. The van der Waals surface area contributed by atoms with Crippen molar-refractivity contribution in [3.63, 3.8) is 0 Å². The summed E-state index contributed by atoms with van der Waals surface area (Å²) in [4.78, 5) is 40.6. The fraction of sp³-hybridized carbons (Fsp3) is 0.143. The number of rotatable bonds is 6. The van der Waals surface area contributed by atoms with Crippen LogP contribution in [-0.2, 0) is 9.59 Å². The van der Waals surface area contributed by atoms with Gasteiger partial charge in [0.2, 0.25) is 5.91 Å². The summed E-state index contributed by atoms with van der Waals surface area (Å²) in [5.41, 5.74) is 3.48. The van der Waals surface area contributed by atoms with Gasteiger partial charge in [0.1, 0.15) is 0 Å². The molecule has 2 N–H and O–H groups in total. The predicted molar refractivity (Wildman–Crippen MR) is 139 cm³/mol. The molecular formula is C28H22ClN3O4. The van der Waals surface area contributed by atoms with Crippen LogP contribution in [0.5, 0.6) is 0 Å². The molecule has 1 aliphatic heterocycles. The smallest absolute Gasteiger partial charge is 0.303 e. The summed E-state index contributed by atoms with van der Waals surface area (Å²) in [5, 5.41) is 16.3. The second-order valence-corrected chi connectivity index (χ2v) is 9.01. The Balaban J connectivity index is 1.70. The van der Waals surface area contributed by atoms with Gasteiger partial charge in [0.25, 0.3) is 5.56 Å². The number of hydrogen-bond donors (Lipinski definition) is 2. The molecule has 0 fully saturated rings. The number of H-pyrrole nitrogens is 1. The Morgan fingerprint density at radius 1 is 0.972 bits per heavy atom. The van der Waals surface area contributed by atoms with Crippen LogP contribution < -0.4 is 5.56 Å². The van der Waals surface area contributed by atoms with Gasteiger partial charge in [-0.25, -0.2) is 5.01 Å². The van der Waals surface area contributed by atoms with Gasteiger partial charge in [-0.3, -0.25) is 14.4 Å². The van der Waals surface area contributed by atoms with E-state index in [1.165, 1.54) is 5.01 Å². The lowest BCUT2D eigenvalue weighted by atomic mass is 9.91. The molecule has 0 saturated heterocycles. The zero-order valence-electron chi connectivity index (χ0n) is 19.1. The number of carbonyl (C=O) groups is 2. The lowest BCUT2D eigenvalue weighted by Crippen LogP contribution is -2.27. The van der Waals surface area contributed by atoms with Crippen molar-refractivity contribution in [1.29, 1.82) is 0 Å². The Bertz CT molecular complexity index is 1550. The minimum absolute atomic E-state index is 0.190. The molecule has 2 heterocycles. The number of aromatic amines is 1. The van der Waals surface area contributed by atoms with Crippen molar-refractivity contribution >= 4 is 40.1 Å². The monoisotopic (exact) mass is 499 g/mol. The Morgan fingerprint density at radius 2 is 1.67 bits per heavy atom. The van der Waals surface area contributed by atoms with E-state index in [1.54, 1.807) is 18.2 Å². The highest BCUT2D eigenvalue weighted by Gasteiger charge is 2.35. The third-order valence-electron chi connectivity index (χ3n) is 6.23. The van der Waals surface area contributed by atoms with Gasteiger partial charge in [0, 0.05) is 34.3 Å². The molecule has 8 heteroatoms. The number of carbonyl (C=O) groups excluding carboxylic acids is 1. The minimum Gasteiger partial charge on any atom is -0.481 e. The van der Waals surface area contributed by atoms with Crippen LogP contribution in [0.1, 0.15) is 36.4 Å². The van der Waals surface area contributed by atoms with Crippen LogP contribution in [0.4, 0.5) is 0 Å². The number of nitrogens with zero attached hydrogens (tertiary/aromatic N) is 2. The number of nitrogens with one attached hydrogen (secondary N) is 1. The molecule has 5 rings (SSSR count). The standard InChI is InChI=1S/C28H22ClN3O4/c29-19-11-12-21-20(15-19)26(18-9-5-2-6-10-18)27(28(36)30-21)22-16-23(17-7-3-1-4-8-17)32(31-22)24(33)13-14-25(34)35/h1-12,15,23H,13-14,16H2,(H,30,36)(H,34,35)/t23-/m1/s1. The second-order valence-electron chi connectivity index (χ2n) is 8.57. The Hall–Kier alpha value is -4.23. The maximum absolute atomic E-state index is 13.5. The number of hydrazone groups is 1. The first kappa shape index (κ1) is 23.5. The topological polar surface area (TPSA) is 103 Å². The van der Waals surface area contributed by atoms with E-state index in [9.17, 15) is 14.4 Å². The number of fused-ring (bicyclic) bond motifs is 1. The van der Waals surface area contributed by atoms with E-state index in [4.69, 9.17) is 16.7 Å². The molecule has 180 valence electrons. The molecule has 3 aromatic carbocycles. The third-order valence-corrected chi connectivity index (χ3v) is 6.47. The van der Waals surface area contributed by atoms with Crippen molar-refractivity contribution in [2.45, 2.75) is 25.3 Å². The van der Waals surface area contributed by atoms with E-state index in [0.29, 0.717) is 33.8 Å². The van der Waals surface area contributed by atoms with E-state index in [-0.39, 0.29) is 18.4 Å². The van der Waals surface area contributed by atoms with E-state index in [0.717, 1.165) is 16.5 Å². The van der Waals surface area contributed by atoms with Crippen molar-refractivity contribution in [1.82, 2.24) is 9.99 Å². The highest BCUT2D eigenvalue weighted by Crippen LogP contribution is 2.37. The average Bonchev–Trinajstić information content (AvgIpc) is 3.33. The SMILES string of the molecule is O=C(O)CCC(=O)N1N=C(c2c(-c3ccccc3)c3cc(Cl)ccc3[nH]c2=O)C[C@@H]1c1ccccc1. The molecule has 1 aliphatic rings.